The van der Waals surface area contributed by atoms with Crippen LogP contribution in [0, 0.1) is 0 Å². The molecule has 12 aromatic rings. The zero-order valence-corrected chi connectivity index (χ0v) is 31.7. The van der Waals surface area contributed by atoms with Gasteiger partial charge in [0.25, 0.3) is 0 Å². The Morgan fingerprint density at radius 2 is 1.04 bits per heavy atom. The zero-order chi connectivity index (χ0) is 37.5. The molecular formula is C54H34N2S. The lowest BCUT2D eigenvalue weighted by Gasteiger charge is -2.27. The molecule has 0 aliphatic heterocycles. The fraction of sp³-hybridized carbons (Fsp3) is 0. The standard InChI is InChI=1S/C54H34N2S/c1-3-18-38(19-4-1)55(49-28-15-27-45-44-26-13-14-29-51(44)57-54(45)49)50-34-36-17-8-10-23-41(36)53-52(50)47-33-37(30-31-48(47)56(53)39-20-5-2-6-21-39)46-32-35-16-7-9-22-40(35)42-24-11-12-25-43(42)46/h1-34H. The number of hydrogen-bond acceptors (Lipinski definition) is 2. The number of fused-ring (bicyclic) bond motifs is 11. The predicted octanol–water partition coefficient (Wildman–Crippen LogP) is 15.7. The van der Waals surface area contributed by atoms with Crippen LogP contribution in [-0.2, 0) is 0 Å². The number of rotatable bonds is 5. The third-order valence-electron chi connectivity index (χ3n) is 11.7. The Morgan fingerprint density at radius 1 is 0.404 bits per heavy atom. The van der Waals surface area contributed by atoms with E-state index in [0.717, 1.165) is 17.1 Å². The summed E-state index contributed by atoms with van der Waals surface area (Å²) >= 11 is 1.88. The first-order chi connectivity index (χ1) is 28.3. The SMILES string of the molecule is c1ccc(N(c2cccc3c2sc2ccccc23)c2cc3ccccc3c3c2c2cc(-c4cc5ccccc5c5ccccc45)ccc2n3-c2ccccc2)cc1. The highest BCUT2D eigenvalue weighted by molar-refractivity contribution is 7.26. The van der Waals surface area contributed by atoms with Crippen LogP contribution >= 0.6 is 11.3 Å². The van der Waals surface area contributed by atoms with E-state index in [0.29, 0.717) is 0 Å². The number of benzene rings is 10. The summed E-state index contributed by atoms with van der Waals surface area (Å²) in [5.74, 6) is 0. The topological polar surface area (TPSA) is 8.17 Å². The first kappa shape index (κ1) is 32.1. The van der Waals surface area contributed by atoms with E-state index < -0.39 is 0 Å². The molecule has 0 spiro atoms. The molecule has 0 bridgehead atoms. The van der Waals surface area contributed by atoms with Crippen LogP contribution in [0.5, 0.6) is 0 Å². The fourth-order valence-electron chi connectivity index (χ4n) is 9.24. The maximum atomic E-state index is 2.51. The number of thiophene rings is 1. The van der Waals surface area contributed by atoms with E-state index in [9.17, 15) is 0 Å². The van der Waals surface area contributed by atoms with Crippen LogP contribution in [0.25, 0.3) is 91.1 Å². The van der Waals surface area contributed by atoms with Gasteiger partial charge in [-0.3, -0.25) is 0 Å². The third-order valence-corrected chi connectivity index (χ3v) is 12.9. The van der Waals surface area contributed by atoms with Crippen molar-refractivity contribution in [2.45, 2.75) is 0 Å². The van der Waals surface area contributed by atoms with Crippen LogP contribution in [0.1, 0.15) is 0 Å². The summed E-state index contributed by atoms with van der Waals surface area (Å²) in [5.41, 5.74) is 9.41. The summed E-state index contributed by atoms with van der Waals surface area (Å²) in [6.45, 7) is 0. The minimum absolute atomic E-state index is 1.12. The van der Waals surface area contributed by atoms with Gasteiger partial charge >= 0.3 is 0 Å². The summed E-state index contributed by atoms with van der Waals surface area (Å²) in [6, 6.07) is 75.8. The Bertz CT molecular complexity index is 3520. The molecule has 0 fully saturated rings. The van der Waals surface area contributed by atoms with Gasteiger partial charge in [-0.1, -0.05) is 146 Å². The van der Waals surface area contributed by atoms with E-state index >= 15 is 0 Å². The van der Waals surface area contributed by atoms with E-state index in [1.165, 1.54) is 91.1 Å². The van der Waals surface area contributed by atoms with Crippen LogP contribution in [0.3, 0.4) is 0 Å². The molecule has 10 aromatic carbocycles. The second-order valence-corrected chi connectivity index (χ2v) is 15.9. The third kappa shape index (κ3) is 4.89. The molecule has 57 heavy (non-hydrogen) atoms. The van der Waals surface area contributed by atoms with E-state index in [1.807, 2.05) is 11.3 Å². The molecule has 2 heterocycles. The summed E-state index contributed by atoms with van der Waals surface area (Å²) in [6.07, 6.45) is 0. The lowest BCUT2D eigenvalue weighted by atomic mass is 9.92. The minimum atomic E-state index is 1.12. The van der Waals surface area contributed by atoms with Crippen LogP contribution in [0.15, 0.2) is 206 Å². The maximum absolute atomic E-state index is 2.51. The van der Waals surface area contributed by atoms with Gasteiger partial charge in [0.05, 0.1) is 27.1 Å². The maximum Gasteiger partial charge on any atom is 0.0640 e. The van der Waals surface area contributed by atoms with E-state index in [2.05, 4.69) is 216 Å². The van der Waals surface area contributed by atoms with Gasteiger partial charge in [-0.25, -0.2) is 0 Å². The first-order valence-electron chi connectivity index (χ1n) is 19.5. The van der Waals surface area contributed by atoms with E-state index in [4.69, 9.17) is 0 Å². The predicted molar refractivity (Wildman–Crippen MR) is 246 cm³/mol. The fourth-order valence-corrected chi connectivity index (χ4v) is 10.4. The van der Waals surface area contributed by atoms with Crippen molar-refractivity contribution in [2.24, 2.45) is 0 Å². The lowest BCUT2D eigenvalue weighted by Crippen LogP contribution is -2.10. The van der Waals surface area contributed by atoms with Gasteiger partial charge in [0, 0.05) is 43.0 Å². The molecule has 3 heteroatoms. The monoisotopic (exact) mass is 742 g/mol. The van der Waals surface area contributed by atoms with Gasteiger partial charge in [-0.2, -0.15) is 0 Å². The minimum Gasteiger partial charge on any atom is -0.309 e. The Labute approximate surface area is 333 Å². The van der Waals surface area contributed by atoms with Crippen LogP contribution in [0.2, 0.25) is 0 Å². The largest absolute Gasteiger partial charge is 0.309 e. The molecule has 0 N–H and O–H groups in total. The number of aromatic nitrogens is 1. The van der Waals surface area contributed by atoms with Crippen LogP contribution in [0.4, 0.5) is 17.1 Å². The lowest BCUT2D eigenvalue weighted by molar-refractivity contribution is 1.19. The van der Waals surface area contributed by atoms with Gasteiger partial charge in [-0.05, 0) is 98.7 Å². The van der Waals surface area contributed by atoms with Crippen molar-refractivity contribution in [3.63, 3.8) is 0 Å². The molecular weight excluding hydrogens is 709 g/mol. The second kappa shape index (κ2) is 12.7. The average Bonchev–Trinajstić information content (AvgIpc) is 3.84. The zero-order valence-electron chi connectivity index (χ0n) is 30.9. The number of para-hydroxylation sites is 2. The molecule has 0 saturated heterocycles. The van der Waals surface area contributed by atoms with Gasteiger partial charge in [-0.15, -0.1) is 11.3 Å². The number of hydrogen-bond donors (Lipinski definition) is 0. The molecule has 2 aromatic heterocycles. The van der Waals surface area contributed by atoms with Gasteiger partial charge in [0.1, 0.15) is 0 Å². The Kier molecular flexibility index (Phi) is 7.13. The molecule has 0 radical (unpaired) electrons. The van der Waals surface area contributed by atoms with Crippen molar-refractivity contribution in [2.75, 3.05) is 4.90 Å². The Morgan fingerprint density at radius 3 is 1.84 bits per heavy atom. The summed E-state index contributed by atoms with van der Waals surface area (Å²) in [7, 11) is 0. The summed E-state index contributed by atoms with van der Waals surface area (Å²) < 4.78 is 5.06. The Hall–Kier alpha value is -7.20. The highest BCUT2D eigenvalue weighted by Crippen LogP contribution is 2.50. The van der Waals surface area contributed by atoms with Crippen molar-refractivity contribution in [3.8, 4) is 16.8 Å². The molecule has 266 valence electrons. The smallest absolute Gasteiger partial charge is 0.0640 e. The van der Waals surface area contributed by atoms with Gasteiger partial charge < -0.3 is 9.47 Å². The molecule has 0 unspecified atom stereocenters. The molecule has 0 amide bonds. The highest BCUT2D eigenvalue weighted by Gasteiger charge is 2.25. The van der Waals surface area contributed by atoms with Crippen molar-refractivity contribution in [3.05, 3.63) is 206 Å². The van der Waals surface area contributed by atoms with Gasteiger partial charge in [0.15, 0.2) is 0 Å². The van der Waals surface area contributed by atoms with E-state index in [-0.39, 0.29) is 0 Å². The van der Waals surface area contributed by atoms with Crippen molar-refractivity contribution < 1.29 is 0 Å². The second-order valence-electron chi connectivity index (χ2n) is 14.9. The normalized spacial score (nSPS) is 11.9. The summed E-state index contributed by atoms with van der Waals surface area (Å²) in [5, 5.41) is 12.5. The number of anilines is 3. The van der Waals surface area contributed by atoms with Crippen molar-refractivity contribution in [1.29, 1.82) is 0 Å². The Balaban J connectivity index is 1.25. The molecule has 0 saturated carbocycles. The quantitative estimate of drug-likeness (QED) is 0.159. The van der Waals surface area contributed by atoms with Crippen LogP contribution in [-0.4, -0.2) is 4.57 Å². The van der Waals surface area contributed by atoms with Crippen LogP contribution < -0.4 is 4.90 Å². The van der Waals surface area contributed by atoms with Crippen molar-refractivity contribution >= 4 is 103 Å². The number of nitrogens with zero attached hydrogens (tertiary/aromatic N) is 2. The first-order valence-corrected chi connectivity index (χ1v) is 20.3. The molecule has 0 atom stereocenters. The molecule has 2 nitrogen and oxygen atoms in total. The average molecular weight is 743 g/mol. The highest BCUT2D eigenvalue weighted by atomic mass is 32.1. The molecule has 0 aliphatic carbocycles. The van der Waals surface area contributed by atoms with Gasteiger partial charge in [0.2, 0.25) is 0 Å². The summed E-state index contributed by atoms with van der Waals surface area (Å²) in [4.78, 5) is 2.51. The molecule has 12 rings (SSSR count). The van der Waals surface area contributed by atoms with Crippen molar-refractivity contribution in [1.82, 2.24) is 4.57 Å². The molecule has 0 aliphatic rings. The van der Waals surface area contributed by atoms with E-state index in [1.54, 1.807) is 0 Å².